The molecule has 43 heavy (non-hydrogen) atoms. The second-order valence-electron chi connectivity index (χ2n) is 11.8. The highest BCUT2D eigenvalue weighted by Gasteiger charge is 2.35. The Morgan fingerprint density at radius 1 is 0.837 bits per heavy atom. The first-order valence-electron chi connectivity index (χ1n) is 14.9. The highest BCUT2D eigenvalue weighted by Crippen LogP contribution is 2.53. The summed E-state index contributed by atoms with van der Waals surface area (Å²) in [5, 5.41) is 14.3. The molecule has 5 heterocycles. The molecule has 2 N–H and O–H groups in total. The average Bonchev–Trinajstić information content (AvgIpc) is 3.49. The third kappa shape index (κ3) is 4.62. The van der Waals surface area contributed by atoms with Crippen LogP contribution in [0.1, 0.15) is 45.5 Å². The molecule has 5 aliphatic rings. The smallest absolute Gasteiger partial charge is 0.231 e. The van der Waals surface area contributed by atoms with Crippen molar-refractivity contribution < 1.29 is 28.8 Å². The SMILES string of the molecule is COc1cc2c3cc1Oc1c4c(cc5c1[C@H](Cc1ccc(cc1)Oc1cc(ccc1O)C[C@H]3NCC2)N(C)CC5)OCO4. The van der Waals surface area contributed by atoms with Crippen molar-refractivity contribution in [3.8, 4) is 46.0 Å². The standard InChI is InChI=1S/C35H34N2O6/c1-37-12-10-23-17-32-34(41-19-40-32)35-33(23)27(37)14-20-3-6-24(7-4-20)42-29-15-21(5-8-28(29)38)13-26-25-18-31(43-35)30(39-2)16-22(25)9-11-36-26/h3-8,15-18,26-27,36,38H,9-14,19H2,1-2H3/t26-,27+/m1/s1. The lowest BCUT2D eigenvalue weighted by Crippen LogP contribution is -2.34. The van der Waals surface area contributed by atoms with Gasteiger partial charge in [-0.2, -0.15) is 0 Å². The van der Waals surface area contributed by atoms with Gasteiger partial charge in [0.2, 0.25) is 12.5 Å². The highest BCUT2D eigenvalue weighted by atomic mass is 16.7. The minimum atomic E-state index is 0.0430. The first-order valence-corrected chi connectivity index (χ1v) is 14.9. The molecule has 5 aliphatic heterocycles. The summed E-state index contributed by atoms with van der Waals surface area (Å²) in [5.41, 5.74) is 6.95. The van der Waals surface area contributed by atoms with Crippen molar-refractivity contribution >= 4 is 0 Å². The molecule has 8 heteroatoms. The van der Waals surface area contributed by atoms with Crippen molar-refractivity contribution in [2.24, 2.45) is 0 Å². The predicted octanol–water partition coefficient (Wildman–Crippen LogP) is 6.23. The maximum Gasteiger partial charge on any atom is 0.231 e. The zero-order valence-electron chi connectivity index (χ0n) is 24.3. The summed E-state index contributed by atoms with van der Waals surface area (Å²) in [6.07, 6.45) is 3.26. The Bertz CT molecular complexity index is 1720. The summed E-state index contributed by atoms with van der Waals surface area (Å²) in [4.78, 5) is 2.38. The predicted molar refractivity (Wildman–Crippen MR) is 161 cm³/mol. The number of likely N-dealkylation sites (N-methyl/N-ethyl adjacent to an activating group) is 1. The van der Waals surface area contributed by atoms with Gasteiger partial charge in [-0.25, -0.2) is 0 Å². The van der Waals surface area contributed by atoms with E-state index in [0.29, 0.717) is 40.9 Å². The second kappa shape index (κ2) is 10.4. The lowest BCUT2D eigenvalue weighted by molar-refractivity contribution is 0.171. The van der Waals surface area contributed by atoms with Gasteiger partial charge in [0, 0.05) is 24.2 Å². The van der Waals surface area contributed by atoms with E-state index in [1.165, 1.54) is 22.3 Å². The normalized spacial score (nSPS) is 20.3. The largest absolute Gasteiger partial charge is 0.504 e. The Labute approximate surface area is 250 Å². The van der Waals surface area contributed by atoms with E-state index < -0.39 is 0 Å². The van der Waals surface area contributed by atoms with Gasteiger partial charge in [-0.05, 0) is 110 Å². The minimum absolute atomic E-state index is 0.0430. The van der Waals surface area contributed by atoms with Crippen LogP contribution in [-0.2, 0) is 25.7 Å². The van der Waals surface area contributed by atoms with E-state index in [9.17, 15) is 5.11 Å². The van der Waals surface area contributed by atoms with Crippen LogP contribution in [0.2, 0.25) is 0 Å². The number of fused-ring (bicyclic) bond motifs is 3. The number of methoxy groups -OCH3 is 1. The lowest BCUT2D eigenvalue weighted by Gasteiger charge is -2.36. The summed E-state index contributed by atoms with van der Waals surface area (Å²) in [5.74, 6) is 4.64. The number of ether oxygens (including phenoxy) is 5. The molecule has 0 amide bonds. The zero-order chi connectivity index (χ0) is 29.1. The average molecular weight is 579 g/mol. The van der Waals surface area contributed by atoms with E-state index in [4.69, 9.17) is 23.7 Å². The van der Waals surface area contributed by atoms with Gasteiger partial charge in [0.1, 0.15) is 5.75 Å². The van der Waals surface area contributed by atoms with E-state index >= 15 is 0 Å². The quantitative estimate of drug-likeness (QED) is 0.275. The third-order valence-corrected chi connectivity index (χ3v) is 9.18. The molecule has 0 spiro atoms. The minimum Gasteiger partial charge on any atom is -0.504 e. The van der Waals surface area contributed by atoms with Crippen LogP contribution in [-0.4, -0.2) is 44.0 Å². The van der Waals surface area contributed by atoms with Gasteiger partial charge in [-0.1, -0.05) is 18.2 Å². The molecule has 4 aromatic rings. The van der Waals surface area contributed by atoms with E-state index in [0.717, 1.165) is 49.2 Å². The van der Waals surface area contributed by atoms with Gasteiger partial charge >= 0.3 is 0 Å². The zero-order valence-corrected chi connectivity index (χ0v) is 24.3. The van der Waals surface area contributed by atoms with Crippen molar-refractivity contribution in [2.45, 2.75) is 37.8 Å². The summed E-state index contributed by atoms with van der Waals surface area (Å²) in [6, 6.07) is 20.2. The number of phenols is 1. The third-order valence-electron chi connectivity index (χ3n) is 9.18. The van der Waals surface area contributed by atoms with Crippen molar-refractivity contribution in [1.29, 1.82) is 0 Å². The van der Waals surface area contributed by atoms with Crippen molar-refractivity contribution in [3.63, 3.8) is 0 Å². The van der Waals surface area contributed by atoms with Crippen molar-refractivity contribution in [3.05, 3.63) is 94.0 Å². The molecule has 0 unspecified atom stereocenters. The number of nitrogens with one attached hydrogen (secondary N) is 1. The molecule has 4 aromatic carbocycles. The number of benzene rings is 4. The summed E-state index contributed by atoms with van der Waals surface area (Å²) in [7, 11) is 3.85. The Morgan fingerprint density at radius 3 is 2.56 bits per heavy atom. The molecule has 0 aromatic heterocycles. The van der Waals surface area contributed by atoms with Crippen LogP contribution in [0.25, 0.3) is 0 Å². The molecule has 0 saturated heterocycles. The van der Waals surface area contributed by atoms with Gasteiger partial charge in [0.25, 0.3) is 0 Å². The van der Waals surface area contributed by atoms with Crippen molar-refractivity contribution in [2.75, 3.05) is 34.0 Å². The van der Waals surface area contributed by atoms with Crippen LogP contribution in [0.5, 0.6) is 46.0 Å². The van der Waals surface area contributed by atoms with E-state index in [1.807, 2.05) is 24.3 Å². The number of hydrogen-bond acceptors (Lipinski definition) is 8. The van der Waals surface area contributed by atoms with Crippen molar-refractivity contribution in [1.82, 2.24) is 10.2 Å². The van der Waals surface area contributed by atoms with Gasteiger partial charge in [-0.3, -0.25) is 4.90 Å². The lowest BCUT2D eigenvalue weighted by atomic mass is 9.87. The van der Waals surface area contributed by atoms with Gasteiger partial charge in [0.15, 0.2) is 34.5 Å². The maximum absolute atomic E-state index is 10.6. The van der Waals surface area contributed by atoms with Crippen LogP contribution in [0.15, 0.2) is 60.7 Å². The summed E-state index contributed by atoms with van der Waals surface area (Å²) < 4.78 is 31.0. The van der Waals surface area contributed by atoms with Crippen LogP contribution >= 0.6 is 0 Å². The first-order chi connectivity index (χ1) is 21.0. The van der Waals surface area contributed by atoms with E-state index in [2.05, 4.69) is 47.6 Å². The fraction of sp³-hybridized carbons (Fsp3) is 0.314. The maximum atomic E-state index is 10.6. The molecule has 220 valence electrons. The van der Waals surface area contributed by atoms with Gasteiger partial charge in [-0.15, -0.1) is 0 Å². The molecule has 2 atom stereocenters. The summed E-state index contributed by atoms with van der Waals surface area (Å²) in [6.45, 7) is 1.94. The van der Waals surface area contributed by atoms with Crippen LogP contribution in [0, 0.1) is 0 Å². The monoisotopic (exact) mass is 578 g/mol. The molecule has 0 saturated carbocycles. The van der Waals surface area contributed by atoms with Crippen LogP contribution in [0.3, 0.4) is 0 Å². The molecule has 8 nitrogen and oxygen atoms in total. The molecular formula is C35H34N2O6. The Morgan fingerprint density at radius 2 is 1.70 bits per heavy atom. The first kappa shape index (κ1) is 26.2. The van der Waals surface area contributed by atoms with Gasteiger partial charge in [0.05, 0.1) is 7.11 Å². The number of phenolic OH excluding ortho intramolecular Hbond substituents is 1. The van der Waals surface area contributed by atoms with Gasteiger partial charge < -0.3 is 34.1 Å². The molecule has 0 aliphatic carbocycles. The number of hydrogen-bond donors (Lipinski definition) is 2. The fourth-order valence-corrected chi connectivity index (χ4v) is 6.91. The molecule has 0 fully saturated rings. The van der Waals surface area contributed by atoms with Crippen LogP contribution < -0.4 is 29.0 Å². The number of aromatic hydroxyl groups is 1. The molecule has 6 bridgehead atoms. The Hall–Kier alpha value is -4.40. The van der Waals surface area contributed by atoms with E-state index in [1.54, 1.807) is 13.2 Å². The summed E-state index contributed by atoms with van der Waals surface area (Å²) >= 11 is 0. The number of rotatable bonds is 1. The fourth-order valence-electron chi connectivity index (χ4n) is 6.91. The van der Waals surface area contributed by atoms with E-state index in [-0.39, 0.29) is 24.6 Å². The molecule has 0 radical (unpaired) electrons. The molecule has 9 rings (SSSR count). The van der Waals surface area contributed by atoms with Crippen LogP contribution in [0.4, 0.5) is 0 Å². The Balaban J connectivity index is 1.33. The highest BCUT2D eigenvalue weighted by molar-refractivity contribution is 5.64. The topological polar surface area (TPSA) is 81.7 Å². The number of nitrogens with zero attached hydrogens (tertiary/aromatic N) is 1. The Kier molecular flexibility index (Phi) is 6.35. The molecular weight excluding hydrogens is 544 g/mol. The second-order valence-corrected chi connectivity index (χ2v) is 11.8.